The zero-order chi connectivity index (χ0) is 12.8. The van der Waals surface area contributed by atoms with E-state index in [4.69, 9.17) is 10.9 Å². The highest BCUT2D eigenvalue weighted by molar-refractivity contribution is 6.01. The molecule has 0 bridgehead atoms. The van der Waals surface area contributed by atoms with Crippen molar-refractivity contribution in [3.8, 4) is 0 Å². The molecule has 0 spiro atoms. The summed E-state index contributed by atoms with van der Waals surface area (Å²) in [5.41, 5.74) is 5.38. The molecular formula is C11H22N4O2. The largest absolute Gasteiger partial charge is 0.409 e. The third-order valence-corrected chi connectivity index (χ3v) is 3.37. The lowest BCUT2D eigenvalue weighted by Gasteiger charge is -2.23. The molecule has 2 atom stereocenters. The topological polar surface area (TPSA) is 91.0 Å². The number of oxime groups is 1. The number of likely N-dealkylation sites (N-methyl/N-ethyl adjacent to an activating group) is 1. The number of amides is 1. The van der Waals surface area contributed by atoms with E-state index in [-0.39, 0.29) is 11.7 Å². The first-order valence-corrected chi connectivity index (χ1v) is 6.09. The van der Waals surface area contributed by atoms with Crippen LogP contribution in [0.4, 0.5) is 0 Å². The van der Waals surface area contributed by atoms with Crippen molar-refractivity contribution in [2.45, 2.75) is 32.7 Å². The van der Waals surface area contributed by atoms with Crippen LogP contribution in [-0.2, 0) is 4.79 Å². The molecular weight excluding hydrogens is 220 g/mol. The summed E-state index contributed by atoms with van der Waals surface area (Å²) in [6.07, 6.45) is 2.30. The van der Waals surface area contributed by atoms with E-state index >= 15 is 0 Å². The molecule has 4 N–H and O–H groups in total. The molecule has 0 aromatic rings. The van der Waals surface area contributed by atoms with Crippen LogP contribution in [-0.4, -0.2) is 47.5 Å². The highest BCUT2D eigenvalue weighted by Gasteiger charge is 2.24. The number of hydrogen-bond acceptors (Lipinski definition) is 4. The first-order chi connectivity index (χ1) is 8.10. The summed E-state index contributed by atoms with van der Waals surface area (Å²) in [5.74, 6) is -0.832. The van der Waals surface area contributed by atoms with Crippen LogP contribution in [0.15, 0.2) is 5.16 Å². The molecule has 1 amide bonds. The van der Waals surface area contributed by atoms with Crippen LogP contribution in [0.2, 0.25) is 0 Å². The number of carbonyl (C=O) groups is 1. The highest BCUT2D eigenvalue weighted by atomic mass is 16.4. The summed E-state index contributed by atoms with van der Waals surface area (Å²) >= 11 is 0. The van der Waals surface area contributed by atoms with Crippen molar-refractivity contribution >= 4 is 11.7 Å². The van der Waals surface area contributed by atoms with E-state index in [0.29, 0.717) is 12.6 Å². The third-order valence-electron chi connectivity index (χ3n) is 3.37. The van der Waals surface area contributed by atoms with Gasteiger partial charge in [-0.1, -0.05) is 12.1 Å². The van der Waals surface area contributed by atoms with Gasteiger partial charge in [-0.15, -0.1) is 0 Å². The minimum Gasteiger partial charge on any atom is -0.409 e. The summed E-state index contributed by atoms with van der Waals surface area (Å²) in [7, 11) is 0. The molecule has 1 saturated heterocycles. The summed E-state index contributed by atoms with van der Waals surface area (Å²) in [4.78, 5) is 14.0. The van der Waals surface area contributed by atoms with E-state index in [1.165, 1.54) is 6.42 Å². The second-order valence-corrected chi connectivity index (χ2v) is 4.42. The normalized spacial score (nSPS) is 23.6. The molecule has 1 fully saturated rings. The molecule has 17 heavy (non-hydrogen) atoms. The fourth-order valence-corrected chi connectivity index (χ4v) is 2.14. The Morgan fingerprint density at radius 2 is 2.41 bits per heavy atom. The van der Waals surface area contributed by atoms with Gasteiger partial charge in [0.2, 0.25) is 5.91 Å². The molecule has 1 heterocycles. The van der Waals surface area contributed by atoms with Gasteiger partial charge in [0, 0.05) is 12.6 Å². The number of rotatable bonds is 5. The second-order valence-electron chi connectivity index (χ2n) is 4.42. The Kier molecular flexibility index (Phi) is 5.21. The van der Waals surface area contributed by atoms with Gasteiger partial charge in [0.1, 0.15) is 0 Å². The highest BCUT2D eigenvalue weighted by Crippen LogP contribution is 2.15. The number of hydrogen-bond donors (Lipinski definition) is 3. The fraction of sp³-hybridized carbons (Fsp3) is 0.818. The minimum atomic E-state index is -0.587. The first-order valence-electron chi connectivity index (χ1n) is 6.09. The van der Waals surface area contributed by atoms with Crippen molar-refractivity contribution in [2.24, 2.45) is 16.8 Å². The SMILES string of the molecule is CCN1CCCC1CNC(=O)C(C)/C(N)=N/O. The van der Waals surface area contributed by atoms with Crippen molar-refractivity contribution in [1.29, 1.82) is 0 Å². The van der Waals surface area contributed by atoms with Crippen molar-refractivity contribution in [3.63, 3.8) is 0 Å². The van der Waals surface area contributed by atoms with Crippen molar-refractivity contribution in [3.05, 3.63) is 0 Å². The number of carbonyl (C=O) groups excluding carboxylic acids is 1. The molecule has 1 aliphatic heterocycles. The molecule has 2 unspecified atom stereocenters. The molecule has 0 saturated carbocycles. The Bertz CT molecular complexity index is 293. The number of amidine groups is 1. The molecule has 0 radical (unpaired) electrons. The molecule has 0 aliphatic carbocycles. The van der Waals surface area contributed by atoms with Crippen LogP contribution < -0.4 is 11.1 Å². The van der Waals surface area contributed by atoms with E-state index in [2.05, 4.69) is 22.3 Å². The maximum atomic E-state index is 11.7. The van der Waals surface area contributed by atoms with Crippen LogP contribution in [0.25, 0.3) is 0 Å². The monoisotopic (exact) mass is 242 g/mol. The third kappa shape index (κ3) is 3.59. The van der Waals surface area contributed by atoms with Gasteiger partial charge in [-0.2, -0.15) is 0 Å². The van der Waals surface area contributed by atoms with E-state index < -0.39 is 5.92 Å². The van der Waals surface area contributed by atoms with Gasteiger partial charge in [-0.25, -0.2) is 0 Å². The van der Waals surface area contributed by atoms with Crippen LogP contribution in [0.5, 0.6) is 0 Å². The van der Waals surface area contributed by atoms with Gasteiger partial charge in [0.05, 0.1) is 5.92 Å². The summed E-state index contributed by atoms with van der Waals surface area (Å²) < 4.78 is 0. The van der Waals surface area contributed by atoms with Crippen LogP contribution in [0.1, 0.15) is 26.7 Å². The molecule has 1 aliphatic rings. The molecule has 0 aromatic carbocycles. The summed E-state index contributed by atoms with van der Waals surface area (Å²) in [6.45, 7) is 6.49. The number of nitrogens with one attached hydrogen (secondary N) is 1. The van der Waals surface area contributed by atoms with Crippen LogP contribution in [0.3, 0.4) is 0 Å². The molecule has 6 nitrogen and oxygen atoms in total. The minimum absolute atomic E-state index is 0.0544. The number of likely N-dealkylation sites (tertiary alicyclic amines) is 1. The van der Waals surface area contributed by atoms with Gasteiger partial charge < -0.3 is 16.3 Å². The lowest BCUT2D eigenvalue weighted by atomic mass is 10.1. The van der Waals surface area contributed by atoms with E-state index in [9.17, 15) is 4.79 Å². The van der Waals surface area contributed by atoms with E-state index in [1.54, 1.807) is 6.92 Å². The molecule has 98 valence electrons. The van der Waals surface area contributed by atoms with Gasteiger partial charge in [-0.05, 0) is 32.9 Å². The van der Waals surface area contributed by atoms with E-state index in [0.717, 1.165) is 19.5 Å². The maximum Gasteiger partial charge on any atom is 0.230 e. The Morgan fingerprint density at radius 3 is 3.00 bits per heavy atom. The zero-order valence-corrected chi connectivity index (χ0v) is 10.5. The van der Waals surface area contributed by atoms with Gasteiger partial charge in [0.15, 0.2) is 5.84 Å². The van der Waals surface area contributed by atoms with Crippen molar-refractivity contribution in [1.82, 2.24) is 10.2 Å². The predicted octanol–water partition coefficient (Wildman–Crippen LogP) is -0.0306. The second kappa shape index (κ2) is 6.44. The Balaban J connectivity index is 2.37. The van der Waals surface area contributed by atoms with Gasteiger partial charge >= 0.3 is 0 Å². The quantitative estimate of drug-likeness (QED) is 0.273. The van der Waals surface area contributed by atoms with Crippen LogP contribution >= 0.6 is 0 Å². The number of nitrogens with two attached hydrogens (primary N) is 1. The number of nitrogens with zero attached hydrogens (tertiary/aromatic N) is 2. The van der Waals surface area contributed by atoms with Gasteiger partial charge in [0.25, 0.3) is 0 Å². The Hall–Kier alpha value is -1.30. The average Bonchev–Trinajstić information content (AvgIpc) is 2.81. The molecule has 0 aromatic heterocycles. The smallest absolute Gasteiger partial charge is 0.230 e. The first kappa shape index (κ1) is 13.8. The van der Waals surface area contributed by atoms with Crippen molar-refractivity contribution < 1.29 is 10.0 Å². The molecule has 1 rings (SSSR count). The lowest BCUT2D eigenvalue weighted by Crippen LogP contribution is -2.44. The standard InChI is InChI=1S/C11H22N4O2/c1-3-15-6-4-5-9(15)7-13-11(16)8(2)10(12)14-17/h8-9,17H,3-7H2,1-2H3,(H2,12,14)(H,13,16). The van der Waals surface area contributed by atoms with Crippen LogP contribution in [0, 0.1) is 5.92 Å². The fourth-order valence-electron chi connectivity index (χ4n) is 2.14. The summed E-state index contributed by atoms with van der Waals surface area (Å²) in [5, 5.41) is 14.2. The van der Waals surface area contributed by atoms with E-state index in [1.807, 2.05) is 0 Å². The predicted molar refractivity (Wildman–Crippen MR) is 65.9 cm³/mol. The Morgan fingerprint density at radius 1 is 1.71 bits per heavy atom. The lowest BCUT2D eigenvalue weighted by molar-refractivity contribution is -0.122. The zero-order valence-electron chi connectivity index (χ0n) is 10.5. The average molecular weight is 242 g/mol. The Labute approximate surface area is 102 Å². The van der Waals surface area contributed by atoms with Crippen molar-refractivity contribution in [2.75, 3.05) is 19.6 Å². The summed E-state index contributed by atoms with van der Waals surface area (Å²) in [6, 6.07) is 0.420. The van der Waals surface area contributed by atoms with Gasteiger partial charge in [-0.3, -0.25) is 9.69 Å². The maximum absolute atomic E-state index is 11.7. The molecule has 6 heteroatoms.